The number of hydrogen-bond donors (Lipinski definition) is 3. The van der Waals surface area contributed by atoms with E-state index in [0.29, 0.717) is 23.7 Å². The molecule has 12 heteroatoms. The van der Waals surface area contributed by atoms with E-state index >= 15 is 0 Å². The fraction of sp³-hybridized carbons (Fsp3) is 0.296. The number of halogens is 3. The highest BCUT2D eigenvalue weighted by molar-refractivity contribution is 6.00. The first-order valence-electron chi connectivity index (χ1n) is 12.2. The van der Waals surface area contributed by atoms with Crippen molar-refractivity contribution in [2.24, 2.45) is 0 Å². The summed E-state index contributed by atoms with van der Waals surface area (Å²) in [5, 5.41) is 7.51. The van der Waals surface area contributed by atoms with E-state index < -0.39 is 17.8 Å². The lowest BCUT2D eigenvalue weighted by Gasteiger charge is -2.20. The molecular formula is C27H30F3N5O4. The standard InChI is InChI=1S/C27H30F3N5O4/c1-4-35(5-2)14-15-38-24-11-6-18(27(28,29)30)16-22(24)34-26(37)33-19-7-9-20(10-8-19)39-21-12-13-32-23(17-21)25(36)31-3/h6-13,16-17H,4-5,14-15H2,1-3H3,(H,31,36)(H2,33,34,37). The third kappa shape index (κ3) is 8.60. The molecule has 3 aromatic rings. The van der Waals surface area contributed by atoms with Gasteiger partial charge in [0.2, 0.25) is 0 Å². The van der Waals surface area contributed by atoms with Gasteiger partial charge in [0, 0.05) is 31.5 Å². The zero-order chi connectivity index (χ0) is 28.4. The average molecular weight is 546 g/mol. The monoisotopic (exact) mass is 545 g/mol. The molecule has 0 radical (unpaired) electrons. The molecule has 39 heavy (non-hydrogen) atoms. The highest BCUT2D eigenvalue weighted by Gasteiger charge is 2.31. The maximum atomic E-state index is 13.3. The number of alkyl halides is 3. The molecule has 208 valence electrons. The van der Waals surface area contributed by atoms with Crippen LogP contribution in [0.1, 0.15) is 29.9 Å². The topological polar surface area (TPSA) is 105 Å². The Balaban J connectivity index is 1.67. The second kappa shape index (κ2) is 13.5. The van der Waals surface area contributed by atoms with Gasteiger partial charge in [-0.1, -0.05) is 13.8 Å². The number of benzene rings is 2. The molecule has 0 saturated heterocycles. The third-order valence-electron chi connectivity index (χ3n) is 5.65. The zero-order valence-electron chi connectivity index (χ0n) is 21.8. The van der Waals surface area contributed by atoms with Crippen LogP contribution in [0.2, 0.25) is 0 Å². The second-order valence-electron chi connectivity index (χ2n) is 8.25. The van der Waals surface area contributed by atoms with Crippen molar-refractivity contribution in [2.45, 2.75) is 20.0 Å². The Hall–Kier alpha value is -4.32. The van der Waals surface area contributed by atoms with Gasteiger partial charge in [-0.05, 0) is 61.6 Å². The molecule has 0 aliphatic carbocycles. The molecular weight excluding hydrogens is 515 g/mol. The van der Waals surface area contributed by atoms with Crippen molar-refractivity contribution in [1.29, 1.82) is 0 Å². The Bertz CT molecular complexity index is 1270. The summed E-state index contributed by atoms with van der Waals surface area (Å²) in [6.07, 6.45) is -3.14. The molecule has 3 amide bonds. The minimum absolute atomic E-state index is 0.105. The molecule has 3 rings (SSSR count). The number of nitrogens with zero attached hydrogens (tertiary/aromatic N) is 2. The zero-order valence-corrected chi connectivity index (χ0v) is 21.8. The van der Waals surface area contributed by atoms with Crippen molar-refractivity contribution in [3.8, 4) is 17.2 Å². The molecule has 0 atom stereocenters. The van der Waals surface area contributed by atoms with Crippen LogP contribution in [0.5, 0.6) is 17.2 Å². The van der Waals surface area contributed by atoms with Crippen molar-refractivity contribution in [1.82, 2.24) is 15.2 Å². The molecule has 1 aromatic heterocycles. The normalized spacial score (nSPS) is 11.2. The highest BCUT2D eigenvalue weighted by atomic mass is 19.4. The van der Waals surface area contributed by atoms with Crippen molar-refractivity contribution < 1.29 is 32.2 Å². The Kier molecular flexibility index (Phi) is 10.1. The summed E-state index contributed by atoms with van der Waals surface area (Å²) in [4.78, 5) is 30.5. The number of likely N-dealkylation sites (N-methyl/N-ethyl adjacent to an activating group) is 1. The first kappa shape index (κ1) is 29.2. The Morgan fingerprint density at radius 2 is 1.67 bits per heavy atom. The number of hydrogen-bond acceptors (Lipinski definition) is 6. The first-order valence-corrected chi connectivity index (χ1v) is 12.2. The number of carbonyl (C=O) groups is 2. The number of carbonyl (C=O) groups excluding carboxylic acids is 2. The van der Waals surface area contributed by atoms with Crippen molar-refractivity contribution >= 4 is 23.3 Å². The molecule has 0 unspecified atom stereocenters. The second-order valence-corrected chi connectivity index (χ2v) is 8.25. The van der Waals surface area contributed by atoms with Crippen LogP contribution < -0.4 is 25.4 Å². The lowest BCUT2D eigenvalue weighted by Crippen LogP contribution is -2.28. The Morgan fingerprint density at radius 1 is 0.949 bits per heavy atom. The van der Waals surface area contributed by atoms with Gasteiger partial charge < -0.3 is 30.3 Å². The number of nitrogens with one attached hydrogen (secondary N) is 3. The van der Waals surface area contributed by atoms with Gasteiger partial charge in [0.05, 0.1) is 11.3 Å². The minimum Gasteiger partial charge on any atom is -0.490 e. The van der Waals surface area contributed by atoms with E-state index in [9.17, 15) is 22.8 Å². The smallest absolute Gasteiger partial charge is 0.416 e. The van der Waals surface area contributed by atoms with Crippen LogP contribution in [-0.2, 0) is 6.18 Å². The van der Waals surface area contributed by atoms with Crippen molar-refractivity contribution in [3.05, 3.63) is 72.1 Å². The molecule has 2 aromatic carbocycles. The van der Waals surface area contributed by atoms with Crippen molar-refractivity contribution in [2.75, 3.05) is 43.9 Å². The van der Waals surface area contributed by atoms with E-state index in [-0.39, 0.29) is 29.6 Å². The van der Waals surface area contributed by atoms with Crippen LogP contribution in [0.15, 0.2) is 60.8 Å². The van der Waals surface area contributed by atoms with Crippen LogP contribution in [0, 0.1) is 0 Å². The quantitative estimate of drug-likeness (QED) is 0.289. The molecule has 0 fully saturated rings. The predicted octanol–water partition coefficient (Wildman–Crippen LogP) is 5.62. The minimum atomic E-state index is -4.58. The summed E-state index contributed by atoms with van der Waals surface area (Å²) < 4.78 is 51.3. The van der Waals surface area contributed by atoms with Gasteiger partial charge in [0.15, 0.2) is 0 Å². The van der Waals surface area contributed by atoms with Gasteiger partial charge in [-0.2, -0.15) is 13.2 Å². The average Bonchev–Trinajstić information content (AvgIpc) is 2.92. The van der Waals surface area contributed by atoms with E-state index in [1.807, 2.05) is 13.8 Å². The molecule has 0 aliphatic rings. The summed E-state index contributed by atoms with van der Waals surface area (Å²) in [5.74, 6) is 0.587. The van der Waals surface area contributed by atoms with E-state index in [1.54, 1.807) is 30.3 Å². The van der Waals surface area contributed by atoms with E-state index in [0.717, 1.165) is 25.2 Å². The summed E-state index contributed by atoms with van der Waals surface area (Å²) in [6.45, 7) is 6.45. The van der Waals surface area contributed by atoms with Gasteiger partial charge >= 0.3 is 12.2 Å². The van der Waals surface area contributed by atoms with Gasteiger partial charge in [-0.15, -0.1) is 0 Å². The first-order chi connectivity index (χ1) is 18.6. The van der Waals surface area contributed by atoms with E-state index in [2.05, 4.69) is 25.8 Å². The van der Waals surface area contributed by atoms with Crippen LogP contribution in [0.3, 0.4) is 0 Å². The lowest BCUT2D eigenvalue weighted by atomic mass is 10.2. The van der Waals surface area contributed by atoms with Crippen LogP contribution >= 0.6 is 0 Å². The Labute approximate surface area is 224 Å². The molecule has 1 heterocycles. The number of pyridine rings is 1. The number of amides is 3. The summed E-state index contributed by atoms with van der Waals surface area (Å²) in [5.41, 5.74) is -0.454. The summed E-state index contributed by atoms with van der Waals surface area (Å²) in [7, 11) is 1.49. The summed E-state index contributed by atoms with van der Waals surface area (Å²) >= 11 is 0. The summed E-state index contributed by atoms with van der Waals surface area (Å²) in [6, 6.07) is 11.6. The SMILES string of the molecule is CCN(CC)CCOc1ccc(C(F)(F)F)cc1NC(=O)Nc1ccc(Oc2ccnc(C(=O)NC)c2)cc1. The number of urea groups is 1. The van der Waals surface area contributed by atoms with Gasteiger partial charge in [-0.3, -0.25) is 9.78 Å². The maximum absolute atomic E-state index is 13.3. The fourth-order valence-electron chi connectivity index (χ4n) is 3.51. The highest BCUT2D eigenvalue weighted by Crippen LogP contribution is 2.35. The third-order valence-corrected chi connectivity index (χ3v) is 5.65. The molecule has 0 aliphatic heterocycles. The number of ether oxygens (including phenoxy) is 2. The van der Waals surface area contributed by atoms with Crippen LogP contribution in [0.4, 0.5) is 29.3 Å². The number of rotatable bonds is 11. The van der Waals surface area contributed by atoms with Gasteiger partial charge in [-0.25, -0.2) is 4.79 Å². The Morgan fingerprint density at radius 3 is 2.31 bits per heavy atom. The molecule has 9 nitrogen and oxygen atoms in total. The molecule has 3 N–H and O–H groups in total. The fourth-order valence-corrected chi connectivity index (χ4v) is 3.51. The number of anilines is 2. The predicted molar refractivity (Wildman–Crippen MR) is 142 cm³/mol. The van der Waals surface area contributed by atoms with Crippen LogP contribution in [-0.4, -0.2) is 55.1 Å². The van der Waals surface area contributed by atoms with Gasteiger partial charge in [0.25, 0.3) is 5.91 Å². The van der Waals surface area contributed by atoms with Crippen molar-refractivity contribution in [3.63, 3.8) is 0 Å². The molecule has 0 saturated carbocycles. The van der Waals surface area contributed by atoms with E-state index in [4.69, 9.17) is 9.47 Å². The largest absolute Gasteiger partial charge is 0.490 e. The molecule has 0 spiro atoms. The number of aromatic nitrogens is 1. The lowest BCUT2D eigenvalue weighted by molar-refractivity contribution is -0.137. The van der Waals surface area contributed by atoms with Crippen LogP contribution in [0.25, 0.3) is 0 Å². The maximum Gasteiger partial charge on any atom is 0.416 e. The van der Waals surface area contributed by atoms with Gasteiger partial charge in [0.1, 0.15) is 29.5 Å². The van der Waals surface area contributed by atoms with E-state index in [1.165, 1.54) is 25.4 Å². The molecule has 0 bridgehead atoms.